The number of rotatable bonds is 7. The second-order valence-electron chi connectivity index (χ2n) is 4.05. The second-order valence-corrected chi connectivity index (χ2v) is 5.89. The van der Waals surface area contributed by atoms with Crippen molar-refractivity contribution in [2.45, 2.75) is 13.3 Å². The fourth-order valence-electron chi connectivity index (χ4n) is 1.51. The maximum Gasteiger partial charge on any atom is 0.251 e. The fraction of sp³-hybridized carbons (Fsp3) is 0.417. The molecule has 0 aliphatic heterocycles. The van der Waals surface area contributed by atoms with Crippen LogP contribution in [-0.2, 0) is 10.0 Å². The van der Waals surface area contributed by atoms with Crippen LogP contribution in [0.15, 0.2) is 24.3 Å². The van der Waals surface area contributed by atoms with Crippen LogP contribution in [-0.4, -0.2) is 33.2 Å². The van der Waals surface area contributed by atoms with E-state index in [-0.39, 0.29) is 24.1 Å². The monoisotopic (exact) mass is 321 g/mol. The normalized spacial score (nSPS) is 10.5. The van der Waals surface area contributed by atoms with Gasteiger partial charge in [0.2, 0.25) is 10.0 Å². The lowest BCUT2D eigenvalue weighted by atomic mass is 10.2. The topological polar surface area (TPSA) is 101 Å². The molecular formula is C12H20ClN3O3S. The SMILES string of the molecule is CCCS(=O)(=O)Nc1cccc(C(=O)NCCN)c1.Cl. The van der Waals surface area contributed by atoms with E-state index in [1.807, 2.05) is 0 Å². The van der Waals surface area contributed by atoms with Crippen molar-refractivity contribution in [2.24, 2.45) is 5.73 Å². The van der Waals surface area contributed by atoms with Gasteiger partial charge in [-0.3, -0.25) is 9.52 Å². The van der Waals surface area contributed by atoms with E-state index in [2.05, 4.69) is 10.0 Å². The van der Waals surface area contributed by atoms with Gasteiger partial charge in [-0.1, -0.05) is 13.0 Å². The number of hydrogen-bond donors (Lipinski definition) is 3. The summed E-state index contributed by atoms with van der Waals surface area (Å²) in [6, 6.07) is 6.34. The molecule has 0 saturated carbocycles. The number of hydrogen-bond acceptors (Lipinski definition) is 4. The Morgan fingerprint density at radius 1 is 1.35 bits per heavy atom. The lowest BCUT2D eigenvalue weighted by Crippen LogP contribution is -2.29. The van der Waals surface area contributed by atoms with Gasteiger partial charge in [-0.05, 0) is 24.6 Å². The van der Waals surface area contributed by atoms with E-state index in [4.69, 9.17) is 5.73 Å². The summed E-state index contributed by atoms with van der Waals surface area (Å²) in [5.74, 6) is -0.224. The van der Waals surface area contributed by atoms with Crippen molar-refractivity contribution in [1.82, 2.24) is 5.32 Å². The molecule has 4 N–H and O–H groups in total. The molecule has 0 fully saturated rings. The molecule has 0 heterocycles. The maximum absolute atomic E-state index is 11.7. The van der Waals surface area contributed by atoms with Gasteiger partial charge < -0.3 is 11.1 Å². The highest BCUT2D eigenvalue weighted by molar-refractivity contribution is 7.92. The predicted octanol–water partition coefficient (Wildman–Crippen LogP) is 0.949. The van der Waals surface area contributed by atoms with Crippen molar-refractivity contribution in [3.63, 3.8) is 0 Å². The molecule has 0 radical (unpaired) electrons. The van der Waals surface area contributed by atoms with E-state index in [0.29, 0.717) is 30.8 Å². The Morgan fingerprint density at radius 3 is 2.65 bits per heavy atom. The zero-order valence-electron chi connectivity index (χ0n) is 11.3. The van der Waals surface area contributed by atoms with Crippen molar-refractivity contribution >= 4 is 34.0 Å². The van der Waals surface area contributed by atoms with Crippen LogP contribution in [0.4, 0.5) is 5.69 Å². The Hall–Kier alpha value is -1.31. The summed E-state index contributed by atoms with van der Waals surface area (Å²) in [6.07, 6.45) is 0.534. The highest BCUT2D eigenvalue weighted by Gasteiger charge is 2.10. The standard InChI is InChI=1S/C12H19N3O3S.ClH/c1-2-8-19(17,18)15-11-5-3-4-10(9-11)12(16)14-7-6-13;/h3-5,9,15H,2,6-8,13H2,1H3,(H,14,16);1H. The number of amides is 1. The zero-order valence-corrected chi connectivity index (χ0v) is 12.9. The second kappa shape index (κ2) is 8.78. The van der Waals surface area contributed by atoms with Crippen molar-refractivity contribution in [3.8, 4) is 0 Å². The van der Waals surface area contributed by atoms with Crippen molar-refractivity contribution in [1.29, 1.82) is 0 Å². The van der Waals surface area contributed by atoms with Gasteiger partial charge in [-0.15, -0.1) is 12.4 Å². The number of carbonyl (C=O) groups is 1. The van der Waals surface area contributed by atoms with Crippen LogP contribution in [0.3, 0.4) is 0 Å². The molecule has 0 aliphatic rings. The Balaban J connectivity index is 0.00000361. The van der Waals surface area contributed by atoms with Gasteiger partial charge in [0.15, 0.2) is 0 Å². The summed E-state index contributed by atoms with van der Waals surface area (Å²) in [4.78, 5) is 11.7. The predicted molar refractivity (Wildman–Crippen MR) is 82.8 cm³/mol. The zero-order chi connectivity index (χ0) is 14.3. The molecule has 114 valence electrons. The Morgan fingerprint density at radius 2 is 2.05 bits per heavy atom. The summed E-state index contributed by atoms with van der Waals surface area (Å²) in [5.41, 5.74) is 6.07. The van der Waals surface area contributed by atoms with Crippen LogP contribution in [0.2, 0.25) is 0 Å². The third-order valence-corrected chi connectivity index (χ3v) is 3.79. The minimum atomic E-state index is -3.35. The lowest BCUT2D eigenvalue weighted by molar-refractivity contribution is 0.0955. The van der Waals surface area contributed by atoms with Crippen LogP contribution in [0.1, 0.15) is 23.7 Å². The number of sulfonamides is 1. The molecule has 0 unspecified atom stereocenters. The lowest BCUT2D eigenvalue weighted by Gasteiger charge is -2.09. The van der Waals surface area contributed by atoms with E-state index in [1.165, 1.54) is 6.07 Å². The first kappa shape index (κ1) is 18.7. The van der Waals surface area contributed by atoms with Crippen LogP contribution in [0.25, 0.3) is 0 Å². The van der Waals surface area contributed by atoms with Gasteiger partial charge in [0.25, 0.3) is 5.91 Å². The van der Waals surface area contributed by atoms with Crippen molar-refractivity contribution < 1.29 is 13.2 Å². The quantitative estimate of drug-likeness (QED) is 0.696. The van der Waals surface area contributed by atoms with Gasteiger partial charge in [0.1, 0.15) is 0 Å². The molecule has 0 aliphatic carbocycles. The summed E-state index contributed by atoms with van der Waals surface area (Å²) < 4.78 is 25.7. The largest absolute Gasteiger partial charge is 0.351 e. The van der Waals surface area contributed by atoms with Gasteiger partial charge in [-0.25, -0.2) is 8.42 Å². The van der Waals surface area contributed by atoms with Crippen molar-refractivity contribution in [2.75, 3.05) is 23.6 Å². The summed E-state index contributed by atoms with van der Waals surface area (Å²) in [6.45, 7) is 2.52. The maximum atomic E-state index is 11.7. The first-order chi connectivity index (χ1) is 8.98. The highest BCUT2D eigenvalue weighted by Crippen LogP contribution is 2.12. The molecule has 1 rings (SSSR count). The minimum absolute atomic E-state index is 0. The van der Waals surface area contributed by atoms with Gasteiger partial charge in [-0.2, -0.15) is 0 Å². The molecule has 0 aromatic heterocycles. The van der Waals surface area contributed by atoms with Crippen LogP contribution < -0.4 is 15.8 Å². The molecule has 0 bridgehead atoms. The molecule has 1 aromatic carbocycles. The van der Waals surface area contributed by atoms with E-state index in [9.17, 15) is 13.2 Å². The Bertz CT molecular complexity index is 535. The van der Waals surface area contributed by atoms with Gasteiger partial charge >= 0.3 is 0 Å². The van der Waals surface area contributed by atoms with E-state index < -0.39 is 10.0 Å². The molecule has 1 aromatic rings. The number of halogens is 1. The van der Waals surface area contributed by atoms with Gasteiger partial charge in [0.05, 0.1) is 5.75 Å². The number of carbonyl (C=O) groups excluding carboxylic acids is 1. The number of anilines is 1. The van der Waals surface area contributed by atoms with Crippen molar-refractivity contribution in [3.05, 3.63) is 29.8 Å². The first-order valence-corrected chi connectivity index (χ1v) is 7.72. The third kappa shape index (κ3) is 6.23. The van der Waals surface area contributed by atoms with E-state index in [0.717, 1.165) is 0 Å². The number of nitrogens with one attached hydrogen (secondary N) is 2. The minimum Gasteiger partial charge on any atom is -0.351 e. The summed E-state index contributed by atoms with van der Waals surface area (Å²) in [7, 11) is -3.35. The van der Waals surface area contributed by atoms with E-state index >= 15 is 0 Å². The molecular weight excluding hydrogens is 302 g/mol. The Labute approximate surface area is 125 Å². The molecule has 0 saturated heterocycles. The van der Waals surface area contributed by atoms with Crippen LogP contribution >= 0.6 is 12.4 Å². The Kier molecular flexibility index (Phi) is 8.21. The fourth-order valence-corrected chi connectivity index (χ4v) is 2.64. The summed E-state index contributed by atoms with van der Waals surface area (Å²) in [5, 5.41) is 2.62. The smallest absolute Gasteiger partial charge is 0.251 e. The summed E-state index contributed by atoms with van der Waals surface area (Å²) >= 11 is 0. The van der Waals surface area contributed by atoms with Gasteiger partial charge in [0, 0.05) is 24.3 Å². The van der Waals surface area contributed by atoms with Crippen LogP contribution in [0, 0.1) is 0 Å². The molecule has 20 heavy (non-hydrogen) atoms. The molecule has 0 spiro atoms. The third-order valence-electron chi connectivity index (χ3n) is 2.30. The average Bonchev–Trinajstić information content (AvgIpc) is 2.35. The molecule has 0 atom stereocenters. The number of nitrogens with two attached hydrogens (primary N) is 1. The highest BCUT2D eigenvalue weighted by atomic mass is 35.5. The first-order valence-electron chi connectivity index (χ1n) is 6.07. The number of benzene rings is 1. The molecule has 8 heteroatoms. The van der Waals surface area contributed by atoms with Crippen LogP contribution in [0.5, 0.6) is 0 Å². The molecule has 6 nitrogen and oxygen atoms in total. The molecule has 1 amide bonds. The van der Waals surface area contributed by atoms with E-state index in [1.54, 1.807) is 25.1 Å². The average molecular weight is 322 g/mol.